The van der Waals surface area contributed by atoms with E-state index in [1.54, 1.807) is 0 Å². The molecule has 0 saturated heterocycles. The Hall–Kier alpha value is -5.67. The quantitative estimate of drug-likeness (QED) is 0.211. The molecule has 196 valence electrons. The van der Waals surface area contributed by atoms with Crippen molar-refractivity contribution >= 4 is 32.3 Å². The van der Waals surface area contributed by atoms with Gasteiger partial charge in [-0.05, 0) is 55.6 Å². The molecule has 0 aliphatic carbocycles. The van der Waals surface area contributed by atoms with Crippen molar-refractivity contribution in [3.05, 3.63) is 152 Å². The molecule has 1 heterocycles. The summed E-state index contributed by atoms with van der Waals surface area (Å²) in [5.74, 6) is 1.97. The van der Waals surface area contributed by atoms with Gasteiger partial charge in [0.1, 0.15) is 0 Å². The zero-order chi connectivity index (χ0) is 27.9. The summed E-state index contributed by atoms with van der Waals surface area (Å²) in [6.07, 6.45) is 0. The molecule has 1 aromatic heterocycles. The van der Waals surface area contributed by atoms with Crippen LogP contribution in [0.3, 0.4) is 0 Å². The first-order valence-electron chi connectivity index (χ1n) is 14.1. The van der Waals surface area contributed by atoms with E-state index in [0.717, 1.165) is 22.3 Å². The molecule has 0 atom stereocenters. The monoisotopic (exact) mass is 535 g/mol. The van der Waals surface area contributed by atoms with Crippen molar-refractivity contribution in [2.75, 3.05) is 0 Å². The van der Waals surface area contributed by atoms with Crippen LogP contribution in [0.4, 0.5) is 0 Å². The third kappa shape index (κ3) is 4.20. The molecular weight excluding hydrogens is 510 g/mol. The van der Waals surface area contributed by atoms with Crippen LogP contribution in [0.25, 0.3) is 77.6 Å². The minimum absolute atomic E-state index is 0.653. The Kier molecular flexibility index (Phi) is 5.79. The molecule has 7 aromatic carbocycles. The van der Waals surface area contributed by atoms with Crippen molar-refractivity contribution in [3.63, 3.8) is 0 Å². The van der Waals surface area contributed by atoms with Crippen LogP contribution in [0.15, 0.2) is 152 Å². The Morgan fingerprint density at radius 3 is 1.48 bits per heavy atom. The molecule has 42 heavy (non-hydrogen) atoms. The second-order valence-electron chi connectivity index (χ2n) is 10.5. The summed E-state index contributed by atoms with van der Waals surface area (Å²) in [7, 11) is 0. The highest BCUT2D eigenvalue weighted by Gasteiger charge is 2.15. The Morgan fingerprint density at radius 1 is 0.286 bits per heavy atom. The van der Waals surface area contributed by atoms with E-state index in [2.05, 4.69) is 91.0 Å². The van der Waals surface area contributed by atoms with Gasteiger partial charge in [0, 0.05) is 16.7 Å². The second-order valence-corrected chi connectivity index (χ2v) is 10.5. The largest absolute Gasteiger partial charge is 0.208 e. The first kappa shape index (κ1) is 24.2. The van der Waals surface area contributed by atoms with Gasteiger partial charge in [0.25, 0.3) is 0 Å². The average molecular weight is 536 g/mol. The molecule has 0 radical (unpaired) electrons. The predicted octanol–water partition coefficient (Wildman–Crippen LogP) is 10.00. The normalized spacial score (nSPS) is 11.3. The highest BCUT2D eigenvalue weighted by Crippen LogP contribution is 2.39. The summed E-state index contributed by atoms with van der Waals surface area (Å²) in [6, 6.07) is 52.9. The number of aromatic nitrogens is 3. The van der Waals surface area contributed by atoms with Crippen LogP contribution in [-0.4, -0.2) is 15.0 Å². The maximum absolute atomic E-state index is 4.97. The van der Waals surface area contributed by atoms with Gasteiger partial charge in [-0.25, -0.2) is 15.0 Å². The van der Waals surface area contributed by atoms with Gasteiger partial charge in [-0.3, -0.25) is 0 Å². The van der Waals surface area contributed by atoms with Crippen molar-refractivity contribution in [1.29, 1.82) is 0 Å². The van der Waals surface area contributed by atoms with Gasteiger partial charge >= 0.3 is 0 Å². The second kappa shape index (κ2) is 10.1. The summed E-state index contributed by atoms with van der Waals surface area (Å²) < 4.78 is 0. The molecule has 0 amide bonds. The van der Waals surface area contributed by atoms with Crippen molar-refractivity contribution in [2.24, 2.45) is 0 Å². The van der Waals surface area contributed by atoms with Gasteiger partial charge in [0.15, 0.2) is 17.5 Å². The maximum atomic E-state index is 4.97. The molecular formula is C39H25N3. The van der Waals surface area contributed by atoms with E-state index in [-0.39, 0.29) is 0 Å². The third-order valence-corrected chi connectivity index (χ3v) is 7.90. The fourth-order valence-corrected chi connectivity index (χ4v) is 5.86. The fraction of sp³-hybridized carbons (Fsp3) is 0. The van der Waals surface area contributed by atoms with E-state index in [4.69, 9.17) is 15.0 Å². The predicted molar refractivity (Wildman–Crippen MR) is 174 cm³/mol. The Morgan fingerprint density at radius 2 is 0.786 bits per heavy atom. The van der Waals surface area contributed by atoms with E-state index in [1.807, 2.05) is 60.7 Å². The maximum Gasteiger partial charge on any atom is 0.164 e. The number of fused-ring (bicyclic) bond motifs is 5. The standard InChI is InChI=1S/C39H25N3/c1-3-13-27(14-4-1)37-40-38(28-15-5-2-6-16-28)42-39(41-37)30-18-11-17-29(24-30)35-25-36-31-19-8-7-12-26(31)22-23-34(36)32-20-9-10-21-33(32)35/h1-25H. The van der Waals surface area contributed by atoms with Crippen molar-refractivity contribution in [2.45, 2.75) is 0 Å². The third-order valence-electron chi connectivity index (χ3n) is 7.90. The first-order valence-corrected chi connectivity index (χ1v) is 14.1. The van der Waals surface area contributed by atoms with Gasteiger partial charge in [0.2, 0.25) is 0 Å². The number of hydrogen-bond donors (Lipinski definition) is 0. The van der Waals surface area contributed by atoms with Crippen LogP contribution in [0, 0.1) is 0 Å². The number of benzene rings is 7. The van der Waals surface area contributed by atoms with Gasteiger partial charge in [-0.2, -0.15) is 0 Å². The Labute approximate surface area is 243 Å². The minimum Gasteiger partial charge on any atom is -0.208 e. The molecule has 0 spiro atoms. The zero-order valence-corrected chi connectivity index (χ0v) is 22.8. The van der Waals surface area contributed by atoms with Gasteiger partial charge in [-0.15, -0.1) is 0 Å². The number of hydrogen-bond acceptors (Lipinski definition) is 3. The molecule has 3 nitrogen and oxygen atoms in total. The lowest BCUT2D eigenvalue weighted by molar-refractivity contribution is 1.07. The van der Waals surface area contributed by atoms with Crippen molar-refractivity contribution in [3.8, 4) is 45.3 Å². The lowest BCUT2D eigenvalue weighted by Gasteiger charge is -2.14. The first-order chi connectivity index (χ1) is 20.8. The van der Waals surface area contributed by atoms with Crippen LogP contribution in [0.1, 0.15) is 0 Å². The zero-order valence-electron chi connectivity index (χ0n) is 22.8. The highest BCUT2D eigenvalue weighted by atomic mass is 15.0. The minimum atomic E-state index is 0.653. The molecule has 0 aliphatic rings. The van der Waals surface area contributed by atoms with Crippen molar-refractivity contribution < 1.29 is 0 Å². The SMILES string of the molecule is c1ccc(-c2nc(-c3ccccc3)nc(-c3cccc(-c4cc5c6ccccc6ccc5c5ccccc45)c3)n2)cc1. The summed E-state index contributed by atoms with van der Waals surface area (Å²) in [6.45, 7) is 0. The molecule has 3 heteroatoms. The summed E-state index contributed by atoms with van der Waals surface area (Å²) in [4.78, 5) is 14.8. The number of nitrogens with zero attached hydrogens (tertiary/aromatic N) is 3. The molecule has 8 aromatic rings. The Balaban J connectivity index is 1.35. The van der Waals surface area contributed by atoms with E-state index >= 15 is 0 Å². The molecule has 0 aliphatic heterocycles. The van der Waals surface area contributed by atoms with E-state index in [1.165, 1.54) is 37.9 Å². The smallest absolute Gasteiger partial charge is 0.164 e. The molecule has 0 unspecified atom stereocenters. The van der Waals surface area contributed by atoms with Crippen LogP contribution in [0.5, 0.6) is 0 Å². The molecule has 0 bridgehead atoms. The number of rotatable bonds is 4. The van der Waals surface area contributed by atoms with Gasteiger partial charge < -0.3 is 0 Å². The van der Waals surface area contributed by atoms with Gasteiger partial charge in [0.05, 0.1) is 0 Å². The van der Waals surface area contributed by atoms with Crippen LogP contribution in [0.2, 0.25) is 0 Å². The topological polar surface area (TPSA) is 38.7 Å². The Bertz CT molecular complexity index is 2180. The lowest BCUT2D eigenvalue weighted by atomic mass is 9.90. The summed E-state index contributed by atoms with van der Waals surface area (Å²) in [5.41, 5.74) is 5.19. The molecule has 0 N–H and O–H groups in total. The van der Waals surface area contributed by atoms with Crippen LogP contribution in [-0.2, 0) is 0 Å². The molecule has 0 fully saturated rings. The molecule has 0 saturated carbocycles. The summed E-state index contributed by atoms with van der Waals surface area (Å²) >= 11 is 0. The summed E-state index contributed by atoms with van der Waals surface area (Å²) in [5, 5.41) is 7.50. The average Bonchev–Trinajstić information content (AvgIpc) is 3.08. The van der Waals surface area contributed by atoms with Crippen molar-refractivity contribution in [1.82, 2.24) is 15.0 Å². The van der Waals surface area contributed by atoms with E-state index in [0.29, 0.717) is 17.5 Å². The van der Waals surface area contributed by atoms with Crippen LogP contribution >= 0.6 is 0 Å². The highest BCUT2D eigenvalue weighted by molar-refractivity contribution is 6.21. The molecule has 8 rings (SSSR count). The van der Waals surface area contributed by atoms with E-state index in [9.17, 15) is 0 Å². The van der Waals surface area contributed by atoms with E-state index < -0.39 is 0 Å². The lowest BCUT2D eigenvalue weighted by Crippen LogP contribution is -2.00. The van der Waals surface area contributed by atoms with Gasteiger partial charge in [-0.1, -0.05) is 140 Å². The van der Waals surface area contributed by atoms with Crippen LogP contribution < -0.4 is 0 Å². The fourth-order valence-electron chi connectivity index (χ4n) is 5.86.